The number of methoxy groups -OCH3 is 1. The summed E-state index contributed by atoms with van der Waals surface area (Å²) in [5.74, 6) is 0.864. The molecule has 3 N–H and O–H groups in total. The highest BCUT2D eigenvalue weighted by Gasteiger charge is 2.12. The van der Waals surface area contributed by atoms with Crippen LogP contribution in [0.5, 0.6) is 5.75 Å². The smallest absolute Gasteiger partial charge is 0.119 e. The summed E-state index contributed by atoms with van der Waals surface area (Å²) in [7, 11) is 3.74. The topological polar surface area (TPSA) is 67.2 Å². The van der Waals surface area contributed by atoms with E-state index in [9.17, 15) is 0 Å². The lowest BCUT2D eigenvalue weighted by Crippen LogP contribution is -2.25. The fraction of sp³-hybridized carbons (Fsp3) is 0.400. The minimum absolute atomic E-state index is 0.658. The molecule has 0 aliphatic rings. The Labute approximate surface area is 119 Å². The maximum Gasteiger partial charge on any atom is 0.119 e. The van der Waals surface area contributed by atoms with E-state index in [0.29, 0.717) is 6.54 Å². The number of rotatable bonds is 6. The molecule has 0 bridgehead atoms. The molecule has 1 aromatic heterocycles. The number of benzene rings is 1. The highest BCUT2D eigenvalue weighted by atomic mass is 16.5. The SMILES string of the molecule is COc1ccc(-c2n[nH]cc2CN(C)CCN)c(C)c1. The number of aromatic amines is 1. The molecule has 2 rings (SSSR count). The van der Waals surface area contributed by atoms with Gasteiger partial charge in [-0.3, -0.25) is 5.10 Å². The van der Waals surface area contributed by atoms with E-state index >= 15 is 0 Å². The van der Waals surface area contributed by atoms with E-state index in [0.717, 1.165) is 35.7 Å². The van der Waals surface area contributed by atoms with Crippen molar-refractivity contribution in [3.8, 4) is 17.0 Å². The van der Waals surface area contributed by atoms with Crippen LogP contribution in [0.3, 0.4) is 0 Å². The lowest BCUT2D eigenvalue weighted by Gasteiger charge is -2.15. The van der Waals surface area contributed by atoms with Crippen LogP contribution < -0.4 is 10.5 Å². The fourth-order valence-corrected chi connectivity index (χ4v) is 2.29. The van der Waals surface area contributed by atoms with Gasteiger partial charge in [0.2, 0.25) is 0 Å². The van der Waals surface area contributed by atoms with Gasteiger partial charge in [0.25, 0.3) is 0 Å². The molecule has 0 aliphatic carbocycles. The molecule has 0 saturated carbocycles. The summed E-state index contributed by atoms with van der Waals surface area (Å²) in [6.07, 6.45) is 1.95. The number of aryl methyl sites for hydroxylation is 1. The van der Waals surface area contributed by atoms with Gasteiger partial charge in [0.1, 0.15) is 5.75 Å². The minimum Gasteiger partial charge on any atom is -0.497 e. The van der Waals surface area contributed by atoms with Crippen molar-refractivity contribution in [1.82, 2.24) is 15.1 Å². The zero-order valence-electron chi connectivity index (χ0n) is 12.3. The van der Waals surface area contributed by atoms with Gasteiger partial charge in [-0.05, 0) is 37.7 Å². The largest absolute Gasteiger partial charge is 0.497 e. The maximum atomic E-state index is 5.58. The summed E-state index contributed by atoms with van der Waals surface area (Å²) < 4.78 is 5.24. The van der Waals surface area contributed by atoms with Gasteiger partial charge in [-0.2, -0.15) is 5.10 Å². The molecule has 20 heavy (non-hydrogen) atoms. The van der Waals surface area contributed by atoms with Crippen LogP contribution in [0.1, 0.15) is 11.1 Å². The first-order valence-corrected chi connectivity index (χ1v) is 6.72. The molecule has 0 radical (unpaired) electrons. The monoisotopic (exact) mass is 274 g/mol. The summed E-state index contributed by atoms with van der Waals surface area (Å²) in [6, 6.07) is 6.04. The highest BCUT2D eigenvalue weighted by molar-refractivity contribution is 5.67. The molecule has 0 atom stereocenters. The van der Waals surface area contributed by atoms with Crippen molar-refractivity contribution in [3.05, 3.63) is 35.5 Å². The van der Waals surface area contributed by atoms with Crippen LogP contribution in [0.15, 0.2) is 24.4 Å². The Hall–Kier alpha value is -1.85. The van der Waals surface area contributed by atoms with Gasteiger partial charge < -0.3 is 15.4 Å². The molecule has 5 heteroatoms. The number of aromatic nitrogens is 2. The molecule has 0 unspecified atom stereocenters. The number of ether oxygens (including phenoxy) is 1. The zero-order chi connectivity index (χ0) is 14.5. The minimum atomic E-state index is 0.658. The molecule has 2 aromatic rings. The van der Waals surface area contributed by atoms with Gasteiger partial charge in [-0.15, -0.1) is 0 Å². The molecule has 0 fully saturated rings. The Kier molecular flexibility index (Phi) is 4.76. The van der Waals surface area contributed by atoms with Crippen LogP contribution in [-0.4, -0.2) is 42.3 Å². The lowest BCUT2D eigenvalue weighted by molar-refractivity contribution is 0.337. The molecule has 1 heterocycles. The lowest BCUT2D eigenvalue weighted by atomic mass is 10.0. The number of H-pyrrole nitrogens is 1. The highest BCUT2D eigenvalue weighted by Crippen LogP contribution is 2.28. The van der Waals surface area contributed by atoms with E-state index in [1.165, 1.54) is 5.56 Å². The van der Waals surface area contributed by atoms with Crippen molar-refractivity contribution in [2.24, 2.45) is 5.73 Å². The van der Waals surface area contributed by atoms with Gasteiger partial charge in [0.15, 0.2) is 0 Å². The van der Waals surface area contributed by atoms with Crippen molar-refractivity contribution >= 4 is 0 Å². The van der Waals surface area contributed by atoms with Crippen LogP contribution in [0.4, 0.5) is 0 Å². The molecule has 1 aromatic carbocycles. The summed E-state index contributed by atoms with van der Waals surface area (Å²) in [5, 5.41) is 7.35. The van der Waals surface area contributed by atoms with E-state index < -0.39 is 0 Å². The summed E-state index contributed by atoms with van der Waals surface area (Å²) in [4.78, 5) is 2.19. The van der Waals surface area contributed by atoms with Gasteiger partial charge in [0.05, 0.1) is 12.8 Å². The van der Waals surface area contributed by atoms with Crippen molar-refractivity contribution in [1.29, 1.82) is 0 Å². The summed E-state index contributed by atoms with van der Waals surface area (Å²) in [6.45, 7) is 4.42. The quantitative estimate of drug-likeness (QED) is 0.842. The van der Waals surface area contributed by atoms with E-state index in [1.54, 1.807) is 7.11 Å². The van der Waals surface area contributed by atoms with Crippen molar-refractivity contribution in [3.63, 3.8) is 0 Å². The molecule has 5 nitrogen and oxygen atoms in total. The van der Waals surface area contributed by atoms with E-state index in [4.69, 9.17) is 10.5 Å². The van der Waals surface area contributed by atoms with Gasteiger partial charge in [0, 0.05) is 37.0 Å². The van der Waals surface area contributed by atoms with Gasteiger partial charge in [-0.1, -0.05) is 0 Å². The number of likely N-dealkylation sites (N-methyl/N-ethyl adjacent to an activating group) is 1. The number of nitrogens with two attached hydrogens (primary N) is 1. The second kappa shape index (κ2) is 6.54. The number of nitrogens with one attached hydrogen (secondary N) is 1. The first-order valence-electron chi connectivity index (χ1n) is 6.72. The van der Waals surface area contributed by atoms with E-state index in [1.807, 2.05) is 18.3 Å². The van der Waals surface area contributed by atoms with Crippen molar-refractivity contribution < 1.29 is 4.74 Å². The average molecular weight is 274 g/mol. The first kappa shape index (κ1) is 14.6. The van der Waals surface area contributed by atoms with Crippen molar-refractivity contribution in [2.75, 3.05) is 27.2 Å². The standard InChI is InChI=1S/C15H22N4O/c1-11-8-13(20-3)4-5-14(11)15-12(9-17-18-15)10-19(2)7-6-16/h4-5,8-9H,6-7,10,16H2,1-3H3,(H,17,18). The number of hydrogen-bond acceptors (Lipinski definition) is 4. The van der Waals surface area contributed by atoms with Crippen molar-refractivity contribution in [2.45, 2.75) is 13.5 Å². The van der Waals surface area contributed by atoms with E-state index in [2.05, 4.69) is 35.1 Å². The zero-order valence-corrected chi connectivity index (χ0v) is 12.3. The summed E-state index contributed by atoms with van der Waals surface area (Å²) in [5.41, 5.74) is 10.0. The summed E-state index contributed by atoms with van der Waals surface area (Å²) >= 11 is 0. The van der Waals surface area contributed by atoms with Crippen LogP contribution in [0.2, 0.25) is 0 Å². The van der Waals surface area contributed by atoms with Gasteiger partial charge in [-0.25, -0.2) is 0 Å². The molecule has 0 saturated heterocycles. The fourth-order valence-electron chi connectivity index (χ4n) is 2.29. The van der Waals surface area contributed by atoms with Crippen LogP contribution in [-0.2, 0) is 6.54 Å². The second-order valence-electron chi connectivity index (χ2n) is 4.97. The molecule has 0 aliphatic heterocycles. The third kappa shape index (κ3) is 3.18. The van der Waals surface area contributed by atoms with Crippen LogP contribution in [0, 0.1) is 6.92 Å². The number of nitrogens with zero attached hydrogens (tertiary/aromatic N) is 2. The van der Waals surface area contributed by atoms with Crippen LogP contribution in [0.25, 0.3) is 11.3 Å². The predicted octanol–water partition coefficient (Wildman–Crippen LogP) is 1.78. The third-order valence-electron chi connectivity index (χ3n) is 3.36. The maximum absolute atomic E-state index is 5.58. The Balaban J connectivity index is 2.27. The number of hydrogen-bond donors (Lipinski definition) is 2. The molecule has 0 amide bonds. The molecule has 0 spiro atoms. The molecular weight excluding hydrogens is 252 g/mol. The predicted molar refractivity (Wildman–Crippen MR) is 80.7 cm³/mol. The normalized spacial score (nSPS) is 11.1. The first-order chi connectivity index (χ1) is 9.65. The molecule has 108 valence electrons. The average Bonchev–Trinajstić information content (AvgIpc) is 2.86. The Bertz CT molecular complexity index is 565. The van der Waals surface area contributed by atoms with Gasteiger partial charge >= 0.3 is 0 Å². The Morgan fingerprint density at radius 2 is 2.20 bits per heavy atom. The second-order valence-corrected chi connectivity index (χ2v) is 4.97. The third-order valence-corrected chi connectivity index (χ3v) is 3.36. The van der Waals surface area contributed by atoms with Crippen LogP contribution >= 0.6 is 0 Å². The Morgan fingerprint density at radius 3 is 2.85 bits per heavy atom. The Morgan fingerprint density at radius 1 is 1.40 bits per heavy atom. The van der Waals surface area contributed by atoms with E-state index in [-0.39, 0.29) is 0 Å². The molecular formula is C15H22N4O.